The second-order valence-corrected chi connectivity index (χ2v) is 10.6. The molecule has 9 heteroatoms. The zero-order valence-corrected chi connectivity index (χ0v) is 19.5. The molecule has 1 fully saturated rings. The van der Waals surface area contributed by atoms with Crippen LogP contribution in [-0.2, 0) is 16.6 Å². The molecule has 8 nitrogen and oxygen atoms in total. The number of carbonyl (C=O) groups is 1. The second-order valence-electron chi connectivity index (χ2n) is 8.70. The van der Waals surface area contributed by atoms with Gasteiger partial charge >= 0.3 is 0 Å². The van der Waals surface area contributed by atoms with Crippen molar-refractivity contribution in [2.45, 2.75) is 23.8 Å². The Hall–Kier alpha value is -3.43. The number of benzene rings is 2. The average molecular weight is 480 g/mol. The first-order valence-electron chi connectivity index (χ1n) is 11.1. The molecule has 3 heterocycles. The van der Waals surface area contributed by atoms with Crippen molar-refractivity contribution in [1.82, 2.24) is 8.87 Å². The molecule has 34 heavy (non-hydrogen) atoms. The largest absolute Gasteiger partial charge is 0.496 e. The summed E-state index contributed by atoms with van der Waals surface area (Å²) in [6.07, 6.45) is 0.878. The molecule has 2 bridgehead atoms. The van der Waals surface area contributed by atoms with Crippen LogP contribution in [0, 0.1) is 5.92 Å². The minimum atomic E-state index is -3.71. The van der Waals surface area contributed by atoms with Gasteiger partial charge in [-0.1, -0.05) is 18.2 Å². The van der Waals surface area contributed by atoms with Crippen LogP contribution in [0.2, 0.25) is 0 Å². The number of pyridine rings is 1. The van der Waals surface area contributed by atoms with Gasteiger partial charge in [0.05, 0.1) is 17.6 Å². The van der Waals surface area contributed by atoms with Crippen LogP contribution < -0.4 is 15.6 Å². The third-order valence-electron chi connectivity index (χ3n) is 6.55. The number of fused-ring (bicyclic) bond motifs is 4. The maximum absolute atomic E-state index is 13.4. The molecule has 1 aromatic heterocycles. The third-order valence-corrected chi connectivity index (χ3v) is 8.39. The van der Waals surface area contributed by atoms with Crippen molar-refractivity contribution in [3.05, 3.63) is 88.3 Å². The first-order chi connectivity index (χ1) is 16.4. The fourth-order valence-corrected chi connectivity index (χ4v) is 6.50. The number of sulfonamides is 1. The van der Waals surface area contributed by atoms with Crippen molar-refractivity contribution in [3.63, 3.8) is 0 Å². The summed E-state index contributed by atoms with van der Waals surface area (Å²) >= 11 is 0. The number of carbonyl (C=O) groups excluding carboxylic acids is 1. The van der Waals surface area contributed by atoms with E-state index in [-0.39, 0.29) is 28.2 Å². The Balaban J connectivity index is 1.33. The lowest BCUT2D eigenvalue weighted by atomic mass is 9.84. The summed E-state index contributed by atoms with van der Waals surface area (Å²) in [4.78, 5) is 25.0. The topological polar surface area (TPSA) is 97.7 Å². The summed E-state index contributed by atoms with van der Waals surface area (Å²) in [6, 6.07) is 18.3. The average Bonchev–Trinajstić information content (AvgIpc) is 2.85. The number of anilines is 1. The van der Waals surface area contributed by atoms with E-state index in [0.29, 0.717) is 36.6 Å². The van der Waals surface area contributed by atoms with Gasteiger partial charge < -0.3 is 14.6 Å². The number of nitrogens with one attached hydrogen (secondary N) is 1. The van der Waals surface area contributed by atoms with Crippen LogP contribution in [0.15, 0.2) is 76.4 Å². The van der Waals surface area contributed by atoms with Crippen LogP contribution in [0.25, 0.3) is 0 Å². The van der Waals surface area contributed by atoms with Gasteiger partial charge in [0.1, 0.15) is 5.75 Å². The van der Waals surface area contributed by atoms with E-state index in [1.807, 2.05) is 6.07 Å². The quantitative estimate of drug-likeness (QED) is 0.607. The molecule has 0 spiro atoms. The summed E-state index contributed by atoms with van der Waals surface area (Å²) in [5.41, 5.74) is 1.74. The molecule has 2 aliphatic heterocycles. The van der Waals surface area contributed by atoms with E-state index in [4.69, 9.17) is 4.74 Å². The Kier molecular flexibility index (Phi) is 5.75. The van der Waals surface area contributed by atoms with Crippen LogP contribution in [0.1, 0.15) is 28.4 Å². The number of rotatable bonds is 5. The normalized spacial score (nSPS) is 19.8. The highest BCUT2D eigenvalue weighted by Gasteiger charge is 2.39. The first-order valence-corrected chi connectivity index (χ1v) is 12.5. The molecule has 0 unspecified atom stereocenters. The summed E-state index contributed by atoms with van der Waals surface area (Å²) in [6.45, 7) is 1.26. The van der Waals surface area contributed by atoms with E-state index < -0.39 is 10.0 Å². The number of ether oxygens (including phenoxy) is 1. The van der Waals surface area contributed by atoms with Gasteiger partial charge in [-0.3, -0.25) is 9.59 Å². The number of aromatic nitrogens is 1. The van der Waals surface area contributed by atoms with Crippen LogP contribution in [-0.4, -0.2) is 43.4 Å². The Morgan fingerprint density at radius 3 is 2.50 bits per heavy atom. The van der Waals surface area contributed by atoms with E-state index >= 15 is 0 Å². The van der Waals surface area contributed by atoms with Crippen LogP contribution in [0.5, 0.6) is 5.75 Å². The van der Waals surface area contributed by atoms with Gasteiger partial charge in [0.25, 0.3) is 11.5 Å². The fourth-order valence-electron chi connectivity index (χ4n) is 4.94. The molecule has 2 atom stereocenters. The van der Waals surface area contributed by atoms with Crippen molar-refractivity contribution in [2.75, 3.05) is 25.5 Å². The Morgan fingerprint density at radius 2 is 1.74 bits per heavy atom. The predicted molar refractivity (Wildman–Crippen MR) is 128 cm³/mol. The van der Waals surface area contributed by atoms with Gasteiger partial charge in [0.15, 0.2) is 0 Å². The summed E-state index contributed by atoms with van der Waals surface area (Å²) in [5.74, 6) is 0.209. The van der Waals surface area contributed by atoms with E-state index in [2.05, 4.69) is 5.32 Å². The number of methoxy groups -OCH3 is 1. The van der Waals surface area contributed by atoms with Crippen LogP contribution >= 0.6 is 0 Å². The molecular formula is C25H25N3O5S. The van der Waals surface area contributed by atoms with Gasteiger partial charge in [-0.25, -0.2) is 8.42 Å². The molecule has 2 aliphatic rings. The summed E-state index contributed by atoms with van der Waals surface area (Å²) < 4.78 is 35.3. The van der Waals surface area contributed by atoms with Crippen molar-refractivity contribution >= 4 is 21.6 Å². The maximum Gasteiger partial charge on any atom is 0.259 e. The van der Waals surface area contributed by atoms with E-state index in [0.717, 1.165) is 12.1 Å². The lowest BCUT2D eigenvalue weighted by Gasteiger charge is -2.42. The molecule has 1 saturated heterocycles. The molecule has 1 N–H and O–H groups in total. The molecule has 0 aliphatic carbocycles. The van der Waals surface area contributed by atoms with Crippen LogP contribution in [0.4, 0.5) is 5.69 Å². The van der Waals surface area contributed by atoms with Crippen LogP contribution in [0.3, 0.4) is 0 Å². The molecule has 5 rings (SSSR count). The van der Waals surface area contributed by atoms with Gasteiger partial charge in [-0.05, 0) is 54.8 Å². The summed E-state index contributed by atoms with van der Waals surface area (Å²) in [5, 5.41) is 2.78. The lowest BCUT2D eigenvalue weighted by Crippen LogP contribution is -2.48. The number of piperidine rings is 1. The standard InChI is InChI=1S/C25H25N3O5S/c1-33-23-7-3-2-5-21(23)25(30)26-19-9-11-20(12-10-19)34(31,32)27-14-17-13-18(16-27)22-6-4-8-24(29)28(22)15-17/h2-12,17-18H,13-16H2,1H3,(H,26,30)/t17-,18-/m0/s1. The van der Waals surface area contributed by atoms with Crippen molar-refractivity contribution in [2.24, 2.45) is 5.92 Å². The van der Waals surface area contributed by atoms with Gasteiger partial charge in [-0.2, -0.15) is 4.31 Å². The maximum atomic E-state index is 13.4. The number of nitrogens with zero attached hydrogens (tertiary/aromatic N) is 2. The number of para-hydroxylation sites is 1. The number of amides is 1. The monoisotopic (exact) mass is 479 g/mol. The Morgan fingerprint density at radius 1 is 0.971 bits per heavy atom. The second kappa shape index (κ2) is 8.73. The highest BCUT2D eigenvalue weighted by Crippen LogP contribution is 2.37. The van der Waals surface area contributed by atoms with Crippen molar-refractivity contribution in [3.8, 4) is 5.75 Å². The smallest absolute Gasteiger partial charge is 0.259 e. The highest BCUT2D eigenvalue weighted by atomic mass is 32.2. The van der Waals surface area contributed by atoms with Crippen molar-refractivity contribution < 1.29 is 17.9 Å². The molecule has 3 aromatic rings. The van der Waals surface area contributed by atoms with Gasteiger partial charge in [0.2, 0.25) is 10.0 Å². The molecule has 176 valence electrons. The van der Waals surface area contributed by atoms with E-state index in [1.165, 1.54) is 23.5 Å². The van der Waals surface area contributed by atoms with Gasteiger partial charge in [-0.15, -0.1) is 0 Å². The molecular weight excluding hydrogens is 454 g/mol. The Bertz CT molecular complexity index is 1400. The molecule has 1 amide bonds. The fraction of sp³-hybridized carbons (Fsp3) is 0.280. The van der Waals surface area contributed by atoms with E-state index in [9.17, 15) is 18.0 Å². The minimum Gasteiger partial charge on any atom is -0.496 e. The molecule has 2 aromatic carbocycles. The molecule has 0 saturated carbocycles. The predicted octanol–water partition coefficient (Wildman–Crippen LogP) is 2.92. The highest BCUT2D eigenvalue weighted by molar-refractivity contribution is 7.89. The number of hydrogen-bond acceptors (Lipinski definition) is 5. The zero-order chi connectivity index (χ0) is 23.9. The van der Waals surface area contributed by atoms with E-state index in [1.54, 1.807) is 53.1 Å². The number of hydrogen-bond donors (Lipinski definition) is 1. The third kappa shape index (κ3) is 4.01. The lowest BCUT2D eigenvalue weighted by molar-refractivity contribution is 0.102. The Labute approximate surface area is 197 Å². The first kappa shape index (κ1) is 22.4. The summed E-state index contributed by atoms with van der Waals surface area (Å²) in [7, 11) is -2.21. The zero-order valence-electron chi connectivity index (χ0n) is 18.7. The van der Waals surface area contributed by atoms with Crippen molar-refractivity contribution in [1.29, 1.82) is 0 Å². The van der Waals surface area contributed by atoms with Gasteiger partial charge in [0, 0.05) is 43.0 Å². The SMILES string of the molecule is COc1ccccc1C(=O)Nc1ccc(S(=O)(=O)N2C[C@@H]3C[C@@H](C2)c2cccc(=O)n2C3)cc1. The minimum absolute atomic E-state index is 0.00408. The molecule has 0 radical (unpaired) electrons.